The Bertz CT molecular complexity index is 525. The molecule has 0 saturated carbocycles. The fraction of sp³-hybridized carbons (Fsp3) is 0.375. The molecule has 20 heavy (non-hydrogen) atoms. The number of anilines is 1. The SMILES string of the molecule is CCNCc1ccc(Br)cc1N(C)CCc1cccs1. The molecule has 4 heteroatoms. The summed E-state index contributed by atoms with van der Waals surface area (Å²) in [6.45, 7) is 5.09. The number of hydrogen-bond acceptors (Lipinski definition) is 3. The van der Waals surface area contributed by atoms with E-state index in [2.05, 4.69) is 75.8 Å². The van der Waals surface area contributed by atoms with Crippen molar-refractivity contribution >= 4 is 33.0 Å². The minimum Gasteiger partial charge on any atom is -0.374 e. The lowest BCUT2D eigenvalue weighted by Crippen LogP contribution is -2.23. The highest BCUT2D eigenvalue weighted by molar-refractivity contribution is 9.10. The summed E-state index contributed by atoms with van der Waals surface area (Å²) in [7, 11) is 2.17. The van der Waals surface area contributed by atoms with Crippen LogP contribution in [0, 0.1) is 0 Å². The van der Waals surface area contributed by atoms with Crippen LogP contribution < -0.4 is 10.2 Å². The van der Waals surface area contributed by atoms with Gasteiger partial charge in [0.25, 0.3) is 0 Å². The van der Waals surface area contributed by atoms with Crippen LogP contribution in [0.25, 0.3) is 0 Å². The third kappa shape index (κ3) is 4.33. The number of rotatable bonds is 7. The average Bonchev–Trinajstić information content (AvgIpc) is 2.96. The second-order valence-corrected chi connectivity index (χ2v) is 6.75. The van der Waals surface area contributed by atoms with Gasteiger partial charge in [-0.3, -0.25) is 0 Å². The Morgan fingerprint density at radius 2 is 2.15 bits per heavy atom. The molecular formula is C16H21BrN2S. The molecular weight excluding hydrogens is 332 g/mol. The van der Waals surface area contributed by atoms with E-state index in [4.69, 9.17) is 0 Å². The van der Waals surface area contributed by atoms with E-state index in [0.717, 1.165) is 30.5 Å². The monoisotopic (exact) mass is 352 g/mol. The summed E-state index contributed by atoms with van der Waals surface area (Å²) in [4.78, 5) is 3.79. The molecule has 2 nitrogen and oxygen atoms in total. The van der Waals surface area contributed by atoms with Crippen LogP contribution in [0.4, 0.5) is 5.69 Å². The topological polar surface area (TPSA) is 15.3 Å². The molecule has 0 bridgehead atoms. The van der Waals surface area contributed by atoms with Gasteiger partial charge in [0.1, 0.15) is 0 Å². The Labute approximate surface area is 133 Å². The van der Waals surface area contributed by atoms with Gasteiger partial charge in [-0.05, 0) is 42.1 Å². The largest absolute Gasteiger partial charge is 0.374 e. The third-order valence-corrected chi connectivity index (χ3v) is 4.73. The number of thiophene rings is 1. The van der Waals surface area contributed by atoms with Crippen LogP contribution in [-0.4, -0.2) is 20.1 Å². The summed E-state index contributed by atoms with van der Waals surface area (Å²) < 4.78 is 1.13. The number of nitrogens with one attached hydrogen (secondary N) is 1. The summed E-state index contributed by atoms with van der Waals surface area (Å²) in [5.41, 5.74) is 2.65. The van der Waals surface area contributed by atoms with Crippen molar-refractivity contribution in [2.45, 2.75) is 19.9 Å². The van der Waals surface area contributed by atoms with E-state index in [9.17, 15) is 0 Å². The van der Waals surface area contributed by atoms with Crippen LogP contribution in [0.15, 0.2) is 40.2 Å². The zero-order chi connectivity index (χ0) is 14.4. The molecule has 0 aliphatic heterocycles. The zero-order valence-electron chi connectivity index (χ0n) is 12.0. The number of likely N-dealkylation sites (N-methyl/N-ethyl adjacent to an activating group) is 1. The summed E-state index contributed by atoms with van der Waals surface area (Å²) >= 11 is 5.41. The highest BCUT2D eigenvalue weighted by atomic mass is 79.9. The Hall–Kier alpha value is -0.840. The van der Waals surface area contributed by atoms with Crippen LogP contribution in [-0.2, 0) is 13.0 Å². The van der Waals surface area contributed by atoms with Gasteiger partial charge in [-0.15, -0.1) is 11.3 Å². The molecule has 1 heterocycles. The van der Waals surface area contributed by atoms with Crippen molar-refractivity contribution in [3.8, 4) is 0 Å². The smallest absolute Gasteiger partial charge is 0.0420 e. The Morgan fingerprint density at radius 3 is 2.85 bits per heavy atom. The Balaban J connectivity index is 2.06. The molecule has 0 aliphatic carbocycles. The maximum Gasteiger partial charge on any atom is 0.0420 e. The fourth-order valence-electron chi connectivity index (χ4n) is 2.15. The molecule has 0 spiro atoms. The minimum atomic E-state index is 0.919. The standard InChI is InChI=1S/C16H21BrN2S/c1-3-18-12-13-6-7-14(17)11-16(13)19(2)9-8-15-5-4-10-20-15/h4-7,10-11,18H,3,8-9,12H2,1-2H3. The van der Waals surface area contributed by atoms with Gasteiger partial charge in [0, 0.05) is 35.2 Å². The van der Waals surface area contributed by atoms with Gasteiger partial charge in [0.15, 0.2) is 0 Å². The predicted molar refractivity (Wildman–Crippen MR) is 92.8 cm³/mol. The van der Waals surface area contributed by atoms with E-state index in [0.29, 0.717) is 0 Å². The molecule has 0 radical (unpaired) electrons. The lowest BCUT2D eigenvalue weighted by atomic mass is 10.1. The molecule has 0 saturated heterocycles. The van der Waals surface area contributed by atoms with Crippen molar-refractivity contribution in [1.29, 1.82) is 0 Å². The van der Waals surface area contributed by atoms with Crippen molar-refractivity contribution in [2.75, 3.05) is 25.0 Å². The first-order valence-electron chi connectivity index (χ1n) is 6.93. The molecule has 2 aromatic rings. The molecule has 1 N–H and O–H groups in total. The molecule has 0 aliphatic rings. The van der Waals surface area contributed by atoms with E-state index < -0.39 is 0 Å². The second kappa shape index (κ2) is 7.81. The molecule has 0 fully saturated rings. The molecule has 108 valence electrons. The van der Waals surface area contributed by atoms with Crippen LogP contribution >= 0.6 is 27.3 Å². The van der Waals surface area contributed by atoms with E-state index in [1.54, 1.807) is 0 Å². The first-order valence-corrected chi connectivity index (χ1v) is 8.60. The van der Waals surface area contributed by atoms with Crippen molar-refractivity contribution < 1.29 is 0 Å². The number of hydrogen-bond donors (Lipinski definition) is 1. The molecule has 1 aromatic heterocycles. The van der Waals surface area contributed by atoms with E-state index in [-0.39, 0.29) is 0 Å². The molecule has 1 aromatic carbocycles. The summed E-state index contributed by atoms with van der Waals surface area (Å²) in [5, 5.41) is 5.55. The highest BCUT2D eigenvalue weighted by Gasteiger charge is 2.08. The van der Waals surface area contributed by atoms with Gasteiger partial charge in [0.05, 0.1) is 0 Å². The molecule has 2 rings (SSSR count). The molecule has 0 unspecified atom stereocenters. The molecule has 0 atom stereocenters. The van der Waals surface area contributed by atoms with Crippen LogP contribution in [0.1, 0.15) is 17.4 Å². The number of halogens is 1. The maximum absolute atomic E-state index is 3.58. The second-order valence-electron chi connectivity index (χ2n) is 4.80. The highest BCUT2D eigenvalue weighted by Crippen LogP contribution is 2.25. The van der Waals surface area contributed by atoms with Gasteiger partial charge < -0.3 is 10.2 Å². The third-order valence-electron chi connectivity index (χ3n) is 3.30. The summed E-state index contributed by atoms with van der Waals surface area (Å²) in [6, 6.07) is 10.8. The van der Waals surface area contributed by atoms with E-state index in [1.165, 1.54) is 16.1 Å². The van der Waals surface area contributed by atoms with Crippen molar-refractivity contribution in [1.82, 2.24) is 5.32 Å². The summed E-state index contributed by atoms with van der Waals surface area (Å²) in [5.74, 6) is 0. The van der Waals surface area contributed by atoms with Gasteiger partial charge in [-0.25, -0.2) is 0 Å². The van der Waals surface area contributed by atoms with Gasteiger partial charge in [0.2, 0.25) is 0 Å². The lowest BCUT2D eigenvalue weighted by molar-refractivity contribution is 0.723. The van der Waals surface area contributed by atoms with E-state index >= 15 is 0 Å². The van der Waals surface area contributed by atoms with Crippen molar-refractivity contribution in [3.05, 3.63) is 50.6 Å². The average molecular weight is 353 g/mol. The lowest BCUT2D eigenvalue weighted by Gasteiger charge is -2.23. The minimum absolute atomic E-state index is 0.919. The first-order chi connectivity index (χ1) is 9.70. The fourth-order valence-corrected chi connectivity index (χ4v) is 3.20. The number of nitrogens with zero attached hydrogens (tertiary/aromatic N) is 1. The predicted octanol–water partition coefficient (Wildman–Crippen LogP) is 4.30. The van der Waals surface area contributed by atoms with Crippen molar-refractivity contribution in [2.24, 2.45) is 0 Å². The Morgan fingerprint density at radius 1 is 1.30 bits per heavy atom. The van der Waals surface area contributed by atoms with Crippen LogP contribution in [0.5, 0.6) is 0 Å². The normalized spacial score (nSPS) is 10.8. The van der Waals surface area contributed by atoms with Crippen LogP contribution in [0.2, 0.25) is 0 Å². The maximum atomic E-state index is 3.58. The van der Waals surface area contributed by atoms with Gasteiger partial charge in [-0.2, -0.15) is 0 Å². The Kier molecular flexibility index (Phi) is 6.07. The summed E-state index contributed by atoms with van der Waals surface area (Å²) in [6.07, 6.45) is 1.10. The van der Waals surface area contributed by atoms with Gasteiger partial charge >= 0.3 is 0 Å². The number of benzene rings is 1. The molecule has 0 amide bonds. The van der Waals surface area contributed by atoms with E-state index in [1.807, 2.05) is 11.3 Å². The van der Waals surface area contributed by atoms with Gasteiger partial charge in [-0.1, -0.05) is 35.0 Å². The van der Waals surface area contributed by atoms with Crippen LogP contribution in [0.3, 0.4) is 0 Å². The van der Waals surface area contributed by atoms with Crippen molar-refractivity contribution in [3.63, 3.8) is 0 Å². The first kappa shape index (κ1) is 15.5. The zero-order valence-corrected chi connectivity index (χ0v) is 14.4. The quantitative estimate of drug-likeness (QED) is 0.798.